The van der Waals surface area contributed by atoms with Gasteiger partial charge in [-0.3, -0.25) is 4.79 Å². The van der Waals surface area contributed by atoms with Gasteiger partial charge in [0.15, 0.2) is 11.6 Å². The number of halogens is 1. The molecule has 0 fully saturated rings. The van der Waals surface area contributed by atoms with Crippen LogP contribution in [0.25, 0.3) is 21.3 Å². The highest BCUT2D eigenvalue weighted by molar-refractivity contribution is 7.17. The van der Waals surface area contributed by atoms with E-state index in [0.717, 1.165) is 34.0 Å². The zero-order valence-electron chi connectivity index (χ0n) is 15.0. The van der Waals surface area contributed by atoms with E-state index in [4.69, 9.17) is 16.0 Å². The summed E-state index contributed by atoms with van der Waals surface area (Å²) in [5.41, 5.74) is 1.74. The molecule has 0 radical (unpaired) electrons. The third kappa shape index (κ3) is 3.83. The fourth-order valence-electron chi connectivity index (χ4n) is 3.15. The van der Waals surface area contributed by atoms with E-state index in [9.17, 15) is 4.79 Å². The average Bonchev–Trinajstić information content (AvgIpc) is 3.22. The van der Waals surface area contributed by atoms with Crippen molar-refractivity contribution in [1.82, 2.24) is 9.97 Å². The molecule has 4 aromatic rings. The van der Waals surface area contributed by atoms with Gasteiger partial charge in [-0.2, -0.15) is 0 Å². The zero-order chi connectivity index (χ0) is 19.0. The van der Waals surface area contributed by atoms with E-state index in [2.05, 4.69) is 17.0 Å². The molecule has 2 N–H and O–H groups in total. The second-order valence-corrected chi connectivity index (χ2v) is 7.97. The van der Waals surface area contributed by atoms with Crippen molar-refractivity contribution in [1.29, 1.82) is 0 Å². The first-order valence-corrected chi connectivity index (χ1v) is 9.88. The van der Waals surface area contributed by atoms with Crippen molar-refractivity contribution in [3.63, 3.8) is 0 Å². The summed E-state index contributed by atoms with van der Waals surface area (Å²) in [6.07, 6.45) is 0. The fraction of sp³-hybridized carbons (Fsp3) is 0.200. The van der Waals surface area contributed by atoms with Crippen LogP contribution in [0, 0.1) is 6.92 Å². The molecule has 0 saturated carbocycles. The lowest BCUT2D eigenvalue weighted by atomic mass is 10.1. The van der Waals surface area contributed by atoms with Crippen LogP contribution in [0.4, 0.5) is 0 Å². The Hall–Kier alpha value is -2.41. The molecule has 0 aliphatic carbocycles. The molecule has 0 saturated heterocycles. The predicted octanol–water partition coefficient (Wildman–Crippen LogP) is 3.42. The summed E-state index contributed by atoms with van der Waals surface area (Å²) in [7, 11) is 2.05. The minimum Gasteiger partial charge on any atom is -0.460 e. The normalized spacial score (nSPS) is 12.6. The third-order valence-corrected chi connectivity index (χ3v) is 5.51. The molecule has 3 aromatic heterocycles. The van der Waals surface area contributed by atoms with E-state index in [1.807, 2.05) is 48.7 Å². The number of H-pyrrole nitrogens is 1. The monoisotopic (exact) mass is 400 g/mol. The summed E-state index contributed by atoms with van der Waals surface area (Å²) in [4.78, 5) is 22.3. The largest absolute Gasteiger partial charge is 0.460 e. The van der Waals surface area contributed by atoms with Crippen LogP contribution >= 0.6 is 22.9 Å². The molecular weight excluding hydrogens is 382 g/mol. The zero-order valence-corrected chi connectivity index (χ0v) is 16.6. The number of aromatic nitrogens is 2. The number of aryl methyl sites for hydroxylation is 1. The minimum absolute atomic E-state index is 0.108. The van der Waals surface area contributed by atoms with E-state index in [0.29, 0.717) is 22.8 Å². The number of fused-ring (bicyclic) bond motifs is 1. The van der Waals surface area contributed by atoms with Gasteiger partial charge < -0.3 is 14.3 Å². The Bertz CT molecular complexity index is 1140. The summed E-state index contributed by atoms with van der Waals surface area (Å²) in [6, 6.07) is 11.4. The van der Waals surface area contributed by atoms with Crippen molar-refractivity contribution in [2.24, 2.45) is 0 Å². The second kappa shape index (κ2) is 7.31. The molecule has 1 unspecified atom stereocenters. The second-order valence-electron chi connectivity index (χ2n) is 6.67. The standard InChI is InChI=1S/C20H18ClN3O2S/c1-12-3-8-15(26-12)9-24(2)10-17-22-19(25)18-16(11-27-20(18)23-17)13-4-6-14(21)7-5-13/h3-8,11H,9-10H2,1-2H3,(H,22,23,25)/p+1. The summed E-state index contributed by atoms with van der Waals surface area (Å²) < 4.78 is 5.63. The number of aromatic amines is 1. The van der Waals surface area contributed by atoms with Crippen molar-refractivity contribution >= 4 is 33.2 Å². The highest BCUT2D eigenvalue weighted by Crippen LogP contribution is 2.31. The highest BCUT2D eigenvalue weighted by atomic mass is 35.5. The Balaban J connectivity index is 1.61. The lowest BCUT2D eigenvalue weighted by Crippen LogP contribution is -3.06. The molecule has 1 aromatic carbocycles. The number of rotatable bonds is 5. The van der Waals surface area contributed by atoms with Crippen molar-refractivity contribution in [2.45, 2.75) is 20.0 Å². The first-order chi connectivity index (χ1) is 13.0. The maximum atomic E-state index is 12.7. The van der Waals surface area contributed by atoms with Crippen molar-refractivity contribution < 1.29 is 9.32 Å². The summed E-state index contributed by atoms with van der Waals surface area (Å²) in [6.45, 7) is 3.27. The van der Waals surface area contributed by atoms with Crippen LogP contribution in [0.3, 0.4) is 0 Å². The molecule has 0 bridgehead atoms. The van der Waals surface area contributed by atoms with Gasteiger partial charge in [0.05, 0.1) is 12.4 Å². The van der Waals surface area contributed by atoms with E-state index in [-0.39, 0.29) is 5.56 Å². The first kappa shape index (κ1) is 18.0. The summed E-state index contributed by atoms with van der Waals surface area (Å²) >= 11 is 7.45. The third-order valence-electron chi connectivity index (χ3n) is 4.39. The van der Waals surface area contributed by atoms with E-state index < -0.39 is 0 Å². The van der Waals surface area contributed by atoms with Gasteiger partial charge in [0.2, 0.25) is 0 Å². The lowest BCUT2D eigenvalue weighted by Gasteiger charge is -2.11. The molecule has 0 spiro atoms. The van der Waals surface area contributed by atoms with E-state index in [1.165, 1.54) is 16.2 Å². The van der Waals surface area contributed by atoms with Gasteiger partial charge >= 0.3 is 0 Å². The van der Waals surface area contributed by atoms with Gasteiger partial charge in [-0.05, 0) is 36.8 Å². The van der Waals surface area contributed by atoms with Crippen LogP contribution in [0.5, 0.6) is 0 Å². The first-order valence-electron chi connectivity index (χ1n) is 8.62. The number of hydrogen-bond donors (Lipinski definition) is 2. The van der Waals surface area contributed by atoms with Crippen LogP contribution in [-0.2, 0) is 13.1 Å². The summed E-state index contributed by atoms with van der Waals surface area (Å²) in [5, 5.41) is 3.28. The Kier molecular flexibility index (Phi) is 4.86. The van der Waals surface area contributed by atoms with Gasteiger partial charge in [0, 0.05) is 16.0 Å². The number of nitrogens with zero attached hydrogens (tertiary/aromatic N) is 1. The van der Waals surface area contributed by atoms with Crippen LogP contribution < -0.4 is 10.5 Å². The molecule has 138 valence electrons. The molecule has 0 aliphatic heterocycles. The number of nitrogens with one attached hydrogen (secondary N) is 2. The van der Waals surface area contributed by atoms with Gasteiger partial charge in [0.1, 0.15) is 23.7 Å². The maximum absolute atomic E-state index is 12.7. The molecule has 27 heavy (non-hydrogen) atoms. The quantitative estimate of drug-likeness (QED) is 0.539. The Morgan fingerprint density at radius 2 is 1.96 bits per heavy atom. The molecule has 0 aliphatic rings. The van der Waals surface area contributed by atoms with E-state index >= 15 is 0 Å². The fourth-order valence-corrected chi connectivity index (χ4v) is 4.24. The molecule has 1 atom stereocenters. The van der Waals surface area contributed by atoms with Gasteiger partial charge in [0.25, 0.3) is 5.56 Å². The van der Waals surface area contributed by atoms with Crippen LogP contribution in [0.1, 0.15) is 17.3 Å². The maximum Gasteiger partial charge on any atom is 0.260 e. The number of furan rings is 1. The number of quaternary nitrogens is 1. The molecular formula is C20H19ClN3O2S+. The van der Waals surface area contributed by atoms with Gasteiger partial charge in [-0.1, -0.05) is 23.7 Å². The smallest absolute Gasteiger partial charge is 0.260 e. The summed E-state index contributed by atoms with van der Waals surface area (Å²) in [5.74, 6) is 2.51. The molecule has 0 amide bonds. The SMILES string of the molecule is Cc1ccc(C[NH+](C)Cc2nc3scc(-c4ccc(Cl)cc4)c3c(=O)[nH]2)o1. The van der Waals surface area contributed by atoms with Crippen molar-refractivity contribution in [3.8, 4) is 11.1 Å². The molecule has 7 heteroatoms. The van der Waals surface area contributed by atoms with Gasteiger partial charge in [-0.25, -0.2) is 4.98 Å². The van der Waals surface area contributed by atoms with E-state index in [1.54, 1.807) is 0 Å². The number of benzene rings is 1. The Morgan fingerprint density at radius 1 is 1.19 bits per heavy atom. The molecule has 4 rings (SSSR count). The molecule has 3 heterocycles. The predicted molar refractivity (Wildman–Crippen MR) is 108 cm³/mol. The van der Waals surface area contributed by atoms with Crippen LogP contribution in [-0.4, -0.2) is 17.0 Å². The minimum atomic E-state index is -0.108. The van der Waals surface area contributed by atoms with Crippen LogP contribution in [0.15, 0.2) is 51.0 Å². The molecule has 5 nitrogen and oxygen atoms in total. The Labute approximate surface area is 165 Å². The van der Waals surface area contributed by atoms with Crippen LogP contribution in [0.2, 0.25) is 5.02 Å². The van der Waals surface area contributed by atoms with Crippen molar-refractivity contribution in [2.75, 3.05) is 7.05 Å². The number of thiophene rings is 1. The van der Waals surface area contributed by atoms with Gasteiger partial charge in [-0.15, -0.1) is 11.3 Å². The lowest BCUT2D eigenvalue weighted by molar-refractivity contribution is -0.909. The Morgan fingerprint density at radius 3 is 2.67 bits per heavy atom. The topological polar surface area (TPSA) is 63.3 Å². The number of hydrogen-bond acceptors (Lipinski definition) is 4. The highest BCUT2D eigenvalue weighted by Gasteiger charge is 2.15. The average molecular weight is 401 g/mol. The van der Waals surface area contributed by atoms with Crippen molar-refractivity contribution in [3.05, 3.63) is 74.5 Å².